The Kier molecular flexibility index (Phi) is 4.36. The second-order valence-corrected chi connectivity index (χ2v) is 7.03. The maximum absolute atomic E-state index is 10.7. The summed E-state index contributed by atoms with van der Waals surface area (Å²) in [5.74, 6) is 2.84. The lowest BCUT2D eigenvalue weighted by atomic mass is 9.78. The molecule has 0 unspecified atom stereocenters. The zero-order valence-electron chi connectivity index (χ0n) is 12.6. The standard InChI is InChI=1S/C16H24ClN3O/c1-2-11-5-7-16(21,8-6-11)10-18-14-9-13(17)19-15(20-14)12-3-4-12/h9,11-12,21H,2-8,10H2,1H3,(H,18,19,20). The molecule has 2 aliphatic rings. The molecule has 0 aromatic carbocycles. The van der Waals surface area contributed by atoms with E-state index in [0.717, 1.165) is 56.1 Å². The molecule has 0 radical (unpaired) electrons. The molecule has 21 heavy (non-hydrogen) atoms. The van der Waals surface area contributed by atoms with Crippen LogP contribution in [0.4, 0.5) is 5.82 Å². The van der Waals surface area contributed by atoms with E-state index >= 15 is 0 Å². The van der Waals surface area contributed by atoms with E-state index in [4.69, 9.17) is 11.6 Å². The summed E-state index contributed by atoms with van der Waals surface area (Å²) >= 11 is 6.06. The van der Waals surface area contributed by atoms with Gasteiger partial charge in [0.25, 0.3) is 0 Å². The molecule has 2 aliphatic carbocycles. The van der Waals surface area contributed by atoms with Gasteiger partial charge in [-0.3, -0.25) is 0 Å². The van der Waals surface area contributed by atoms with Gasteiger partial charge in [0.15, 0.2) is 0 Å². The van der Waals surface area contributed by atoms with Crippen LogP contribution in [0.3, 0.4) is 0 Å². The maximum atomic E-state index is 10.7. The van der Waals surface area contributed by atoms with Crippen molar-refractivity contribution in [2.45, 2.75) is 63.4 Å². The van der Waals surface area contributed by atoms with E-state index < -0.39 is 5.60 Å². The summed E-state index contributed by atoms with van der Waals surface area (Å²) in [6.07, 6.45) is 7.50. The van der Waals surface area contributed by atoms with Gasteiger partial charge in [-0.05, 0) is 44.4 Å². The number of hydrogen-bond acceptors (Lipinski definition) is 4. The van der Waals surface area contributed by atoms with Crippen LogP contribution in [0, 0.1) is 5.92 Å². The second-order valence-electron chi connectivity index (χ2n) is 6.64. The Morgan fingerprint density at radius 2 is 2.00 bits per heavy atom. The van der Waals surface area contributed by atoms with Crippen LogP contribution in [0.1, 0.15) is 63.6 Å². The SMILES string of the molecule is CCC1CCC(O)(CNc2cc(Cl)nc(C3CC3)n2)CC1. The molecule has 5 heteroatoms. The predicted molar refractivity (Wildman–Crippen MR) is 84.7 cm³/mol. The predicted octanol–water partition coefficient (Wildman–Crippen LogP) is 3.75. The summed E-state index contributed by atoms with van der Waals surface area (Å²) in [7, 11) is 0. The molecule has 0 spiro atoms. The van der Waals surface area contributed by atoms with Crippen LogP contribution < -0.4 is 5.32 Å². The Labute approximate surface area is 131 Å². The highest BCUT2D eigenvalue weighted by atomic mass is 35.5. The first-order chi connectivity index (χ1) is 10.1. The van der Waals surface area contributed by atoms with Crippen molar-refractivity contribution < 1.29 is 5.11 Å². The second kappa shape index (κ2) is 6.09. The molecule has 2 N–H and O–H groups in total. The smallest absolute Gasteiger partial charge is 0.135 e. The van der Waals surface area contributed by atoms with Gasteiger partial charge in [-0.1, -0.05) is 24.9 Å². The van der Waals surface area contributed by atoms with Crippen LogP contribution in [0.15, 0.2) is 6.07 Å². The highest BCUT2D eigenvalue weighted by molar-refractivity contribution is 6.29. The van der Waals surface area contributed by atoms with Gasteiger partial charge in [-0.15, -0.1) is 0 Å². The minimum Gasteiger partial charge on any atom is -0.388 e. The van der Waals surface area contributed by atoms with Crippen molar-refractivity contribution in [2.24, 2.45) is 5.92 Å². The van der Waals surface area contributed by atoms with Crippen molar-refractivity contribution in [1.29, 1.82) is 0 Å². The van der Waals surface area contributed by atoms with Gasteiger partial charge in [0.1, 0.15) is 16.8 Å². The highest BCUT2D eigenvalue weighted by Gasteiger charge is 2.33. The quantitative estimate of drug-likeness (QED) is 0.813. The molecule has 1 heterocycles. The number of halogens is 1. The first-order valence-corrected chi connectivity index (χ1v) is 8.46. The molecule has 0 aliphatic heterocycles. The Morgan fingerprint density at radius 1 is 1.29 bits per heavy atom. The molecule has 0 amide bonds. The monoisotopic (exact) mass is 309 g/mol. The Hall–Kier alpha value is -0.870. The van der Waals surface area contributed by atoms with Gasteiger partial charge in [0.05, 0.1) is 5.60 Å². The highest BCUT2D eigenvalue weighted by Crippen LogP contribution is 2.39. The molecular weight excluding hydrogens is 286 g/mol. The van der Waals surface area contributed by atoms with Crippen molar-refractivity contribution in [3.63, 3.8) is 0 Å². The number of hydrogen-bond donors (Lipinski definition) is 2. The van der Waals surface area contributed by atoms with Crippen molar-refractivity contribution in [2.75, 3.05) is 11.9 Å². The van der Waals surface area contributed by atoms with E-state index in [1.807, 2.05) is 0 Å². The van der Waals surface area contributed by atoms with Crippen LogP contribution in [-0.4, -0.2) is 27.2 Å². The average molecular weight is 310 g/mol. The van der Waals surface area contributed by atoms with Crippen LogP contribution in [-0.2, 0) is 0 Å². The van der Waals surface area contributed by atoms with Crippen LogP contribution in [0.2, 0.25) is 5.15 Å². The normalized spacial score (nSPS) is 29.4. The number of nitrogens with one attached hydrogen (secondary N) is 1. The van der Waals surface area contributed by atoms with Crippen LogP contribution >= 0.6 is 11.6 Å². The molecule has 0 bridgehead atoms. The number of anilines is 1. The Bertz CT molecular complexity index is 496. The number of nitrogens with zero attached hydrogens (tertiary/aromatic N) is 2. The van der Waals surface area contributed by atoms with Crippen molar-refractivity contribution in [3.8, 4) is 0 Å². The fraction of sp³-hybridized carbons (Fsp3) is 0.750. The minimum atomic E-state index is -0.608. The van der Waals surface area contributed by atoms with Gasteiger partial charge in [-0.25, -0.2) is 9.97 Å². The molecule has 2 fully saturated rings. The zero-order valence-corrected chi connectivity index (χ0v) is 13.4. The first kappa shape index (κ1) is 15.0. The molecule has 4 nitrogen and oxygen atoms in total. The van der Waals surface area contributed by atoms with Crippen LogP contribution in [0.25, 0.3) is 0 Å². The minimum absolute atomic E-state index is 0.479. The average Bonchev–Trinajstić information content (AvgIpc) is 3.30. The molecule has 3 rings (SSSR count). The number of aliphatic hydroxyl groups is 1. The molecule has 0 atom stereocenters. The molecular formula is C16H24ClN3O. The van der Waals surface area contributed by atoms with E-state index in [1.54, 1.807) is 6.07 Å². The lowest BCUT2D eigenvalue weighted by Gasteiger charge is -2.36. The van der Waals surface area contributed by atoms with Crippen LogP contribution in [0.5, 0.6) is 0 Å². The third-order valence-electron chi connectivity index (χ3n) is 4.87. The third kappa shape index (κ3) is 3.86. The van der Waals surface area contributed by atoms with Gasteiger partial charge >= 0.3 is 0 Å². The van der Waals surface area contributed by atoms with E-state index in [0.29, 0.717) is 17.6 Å². The largest absolute Gasteiger partial charge is 0.388 e. The van der Waals surface area contributed by atoms with Gasteiger partial charge in [0, 0.05) is 18.5 Å². The lowest BCUT2D eigenvalue weighted by Crippen LogP contribution is -2.40. The first-order valence-electron chi connectivity index (χ1n) is 8.09. The summed E-state index contributed by atoms with van der Waals surface area (Å²) in [4.78, 5) is 8.81. The summed E-state index contributed by atoms with van der Waals surface area (Å²) in [5.41, 5.74) is -0.608. The van der Waals surface area contributed by atoms with E-state index in [9.17, 15) is 5.11 Å². The topological polar surface area (TPSA) is 58.0 Å². The molecule has 1 aromatic heterocycles. The van der Waals surface area contributed by atoms with Gasteiger partial charge < -0.3 is 10.4 Å². The van der Waals surface area contributed by atoms with Gasteiger partial charge in [0.2, 0.25) is 0 Å². The zero-order chi connectivity index (χ0) is 14.9. The molecule has 2 saturated carbocycles. The van der Waals surface area contributed by atoms with E-state index in [-0.39, 0.29) is 0 Å². The lowest BCUT2D eigenvalue weighted by molar-refractivity contribution is 0.00222. The van der Waals surface area contributed by atoms with E-state index in [2.05, 4.69) is 22.2 Å². The van der Waals surface area contributed by atoms with Crippen molar-refractivity contribution >= 4 is 17.4 Å². The third-order valence-corrected chi connectivity index (χ3v) is 5.06. The number of rotatable bonds is 5. The summed E-state index contributed by atoms with van der Waals surface area (Å²) in [6.45, 7) is 2.77. The molecule has 0 saturated heterocycles. The Balaban J connectivity index is 1.59. The maximum Gasteiger partial charge on any atom is 0.135 e. The number of aromatic nitrogens is 2. The molecule has 1 aromatic rings. The van der Waals surface area contributed by atoms with Crippen molar-refractivity contribution in [1.82, 2.24) is 9.97 Å². The summed E-state index contributed by atoms with van der Waals surface area (Å²) in [6, 6.07) is 1.74. The fourth-order valence-electron chi connectivity index (χ4n) is 3.10. The summed E-state index contributed by atoms with van der Waals surface area (Å²) in [5, 5.41) is 14.4. The van der Waals surface area contributed by atoms with Gasteiger partial charge in [-0.2, -0.15) is 0 Å². The molecule has 116 valence electrons. The Morgan fingerprint density at radius 3 is 2.62 bits per heavy atom. The van der Waals surface area contributed by atoms with Crippen molar-refractivity contribution in [3.05, 3.63) is 17.0 Å². The van der Waals surface area contributed by atoms with E-state index in [1.165, 1.54) is 6.42 Å². The summed E-state index contributed by atoms with van der Waals surface area (Å²) < 4.78 is 0. The fourth-order valence-corrected chi connectivity index (χ4v) is 3.29.